The van der Waals surface area contributed by atoms with Gasteiger partial charge in [0.15, 0.2) is 0 Å². The fourth-order valence-electron chi connectivity index (χ4n) is 2.24. The third-order valence-electron chi connectivity index (χ3n) is 3.25. The van der Waals surface area contributed by atoms with Gasteiger partial charge in [0.05, 0.1) is 17.8 Å². The number of hydrogen-bond acceptors (Lipinski definition) is 4. The van der Waals surface area contributed by atoms with Crippen molar-refractivity contribution in [2.75, 3.05) is 5.32 Å². The first-order valence-electron chi connectivity index (χ1n) is 6.97. The van der Waals surface area contributed by atoms with Gasteiger partial charge in [-0.15, -0.1) is 5.10 Å². The molecule has 0 unspecified atom stereocenters. The van der Waals surface area contributed by atoms with Crippen molar-refractivity contribution in [2.45, 2.75) is 13.5 Å². The van der Waals surface area contributed by atoms with Crippen molar-refractivity contribution in [3.05, 3.63) is 58.6 Å². The lowest BCUT2D eigenvalue weighted by atomic mass is 10.2. The van der Waals surface area contributed by atoms with Crippen LogP contribution in [-0.2, 0) is 13.6 Å². The summed E-state index contributed by atoms with van der Waals surface area (Å²) in [4.78, 5) is 16.3. The minimum absolute atomic E-state index is 0.250. The molecule has 0 aliphatic carbocycles. The maximum atomic E-state index is 12.2. The molecular formula is C15H15ClN6O. The van der Waals surface area contributed by atoms with Crippen molar-refractivity contribution in [1.82, 2.24) is 24.5 Å². The Morgan fingerprint density at radius 3 is 2.87 bits per heavy atom. The highest BCUT2D eigenvalue weighted by molar-refractivity contribution is 6.30. The van der Waals surface area contributed by atoms with Gasteiger partial charge in [-0.25, -0.2) is 9.67 Å². The summed E-state index contributed by atoms with van der Waals surface area (Å²) in [5.41, 5.74) is 2.16. The van der Waals surface area contributed by atoms with Crippen LogP contribution in [0.1, 0.15) is 21.6 Å². The van der Waals surface area contributed by atoms with E-state index in [1.807, 2.05) is 24.3 Å². The van der Waals surface area contributed by atoms with Gasteiger partial charge in [0, 0.05) is 18.3 Å². The van der Waals surface area contributed by atoms with E-state index in [1.54, 1.807) is 35.9 Å². The lowest BCUT2D eigenvalue weighted by molar-refractivity contribution is 0.102. The van der Waals surface area contributed by atoms with Crippen LogP contribution in [0.25, 0.3) is 0 Å². The van der Waals surface area contributed by atoms with Crippen molar-refractivity contribution in [3.8, 4) is 0 Å². The number of carbonyl (C=O) groups excluding carboxylic acids is 1. The number of nitrogens with zero attached hydrogens (tertiary/aromatic N) is 5. The number of nitrogens with one attached hydrogen (secondary N) is 1. The molecule has 0 saturated heterocycles. The van der Waals surface area contributed by atoms with Crippen molar-refractivity contribution in [2.24, 2.45) is 7.05 Å². The molecule has 1 aromatic carbocycles. The van der Waals surface area contributed by atoms with E-state index in [0.29, 0.717) is 22.8 Å². The van der Waals surface area contributed by atoms with Gasteiger partial charge < -0.3 is 0 Å². The minimum atomic E-state index is -0.281. The molecule has 0 atom stereocenters. The first-order chi connectivity index (χ1) is 11.0. The smallest absolute Gasteiger partial charge is 0.261 e. The summed E-state index contributed by atoms with van der Waals surface area (Å²) in [5, 5.41) is 11.7. The van der Waals surface area contributed by atoms with Crippen LogP contribution < -0.4 is 5.32 Å². The van der Waals surface area contributed by atoms with Gasteiger partial charge in [-0.3, -0.25) is 14.8 Å². The van der Waals surface area contributed by atoms with E-state index in [2.05, 4.69) is 20.5 Å². The molecule has 3 aromatic rings. The summed E-state index contributed by atoms with van der Waals surface area (Å²) in [5.74, 6) is -0.0311. The van der Waals surface area contributed by atoms with Gasteiger partial charge in [0.2, 0.25) is 5.95 Å². The number of rotatable bonds is 4. The quantitative estimate of drug-likeness (QED) is 0.796. The van der Waals surface area contributed by atoms with Crippen molar-refractivity contribution in [1.29, 1.82) is 0 Å². The molecular weight excluding hydrogens is 316 g/mol. The molecule has 1 amide bonds. The summed E-state index contributed by atoms with van der Waals surface area (Å²) < 4.78 is 3.23. The van der Waals surface area contributed by atoms with Crippen LogP contribution in [0.4, 0.5) is 5.95 Å². The number of aromatic nitrogens is 5. The van der Waals surface area contributed by atoms with Gasteiger partial charge in [0.1, 0.15) is 6.33 Å². The Balaban J connectivity index is 1.70. The Morgan fingerprint density at radius 2 is 2.17 bits per heavy atom. The Hall–Kier alpha value is -2.67. The zero-order valence-corrected chi connectivity index (χ0v) is 13.4. The normalized spacial score (nSPS) is 10.7. The first-order valence-corrected chi connectivity index (χ1v) is 7.34. The monoisotopic (exact) mass is 330 g/mol. The van der Waals surface area contributed by atoms with Crippen LogP contribution in [0.2, 0.25) is 5.02 Å². The molecule has 0 aliphatic heterocycles. The first kappa shape index (κ1) is 15.2. The maximum Gasteiger partial charge on any atom is 0.261 e. The van der Waals surface area contributed by atoms with Crippen LogP contribution in [0.3, 0.4) is 0 Å². The number of hydrogen-bond donors (Lipinski definition) is 1. The topological polar surface area (TPSA) is 77.6 Å². The molecule has 1 N–H and O–H groups in total. The zero-order chi connectivity index (χ0) is 16.4. The highest BCUT2D eigenvalue weighted by atomic mass is 35.5. The van der Waals surface area contributed by atoms with E-state index < -0.39 is 0 Å². The summed E-state index contributed by atoms with van der Waals surface area (Å²) >= 11 is 5.96. The molecule has 118 valence electrons. The molecule has 7 nitrogen and oxygen atoms in total. The van der Waals surface area contributed by atoms with Crippen LogP contribution in [-0.4, -0.2) is 30.5 Å². The lowest BCUT2D eigenvalue weighted by Crippen LogP contribution is -2.14. The van der Waals surface area contributed by atoms with E-state index >= 15 is 0 Å². The van der Waals surface area contributed by atoms with E-state index in [0.717, 1.165) is 5.56 Å². The van der Waals surface area contributed by atoms with Crippen LogP contribution in [0, 0.1) is 6.92 Å². The standard InChI is InChI=1S/C15H15ClN6O/c1-10-13(8-21(2)19-10)14(23)18-15-17-9-22(20-15)7-11-4-3-5-12(16)6-11/h3-6,8-9H,7H2,1-2H3,(H,18,20,23). The summed E-state index contributed by atoms with van der Waals surface area (Å²) in [6.45, 7) is 2.30. The van der Waals surface area contributed by atoms with E-state index in [-0.39, 0.29) is 11.9 Å². The number of anilines is 1. The number of aryl methyl sites for hydroxylation is 2. The molecule has 0 saturated carbocycles. The van der Waals surface area contributed by atoms with Gasteiger partial charge in [0.25, 0.3) is 5.91 Å². The lowest BCUT2D eigenvalue weighted by Gasteiger charge is -2.02. The average molecular weight is 331 g/mol. The SMILES string of the molecule is Cc1nn(C)cc1C(=O)Nc1ncn(Cc2cccc(Cl)c2)n1. The molecule has 3 rings (SSSR count). The maximum absolute atomic E-state index is 12.2. The average Bonchev–Trinajstić information content (AvgIpc) is 3.05. The molecule has 23 heavy (non-hydrogen) atoms. The predicted octanol–water partition coefficient (Wildman–Crippen LogP) is 2.27. The highest BCUT2D eigenvalue weighted by Gasteiger charge is 2.14. The van der Waals surface area contributed by atoms with Crippen LogP contribution in [0.5, 0.6) is 0 Å². The third-order valence-corrected chi connectivity index (χ3v) is 3.49. The molecule has 2 aromatic heterocycles. The number of halogens is 1. The Labute approximate surface area is 137 Å². The van der Waals surface area contributed by atoms with Gasteiger partial charge in [-0.2, -0.15) is 5.10 Å². The molecule has 8 heteroatoms. The number of carbonyl (C=O) groups is 1. The van der Waals surface area contributed by atoms with Crippen LogP contribution >= 0.6 is 11.6 Å². The summed E-state index contributed by atoms with van der Waals surface area (Å²) in [6, 6.07) is 7.50. The predicted molar refractivity (Wildman–Crippen MR) is 86.5 cm³/mol. The van der Waals surface area contributed by atoms with Gasteiger partial charge >= 0.3 is 0 Å². The molecule has 0 aliphatic rings. The largest absolute Gasteiger partial charge is 0.289 e. The highest BCUT2D eigenvalue weighted by Crippen LogP contribution is 2.12. The molecule has 0 radical (unpaired) electrons. The molecule has 0 spiro atoms. The van der Waals surface area contributed by atoms with E-state index in [1.165, 1.54) is 0 Å². The van der Waals surface area contributed by atoms with E-state index in [9.17, 15) is 4.79 Å². The second-order valence-electron chi connectivity index (χ2n) is 5.15. The van der Waals surface area contributed by atoms with Crippen molar-refractivity contribution >= 4 is 23.5 Å². The number of amides is 1. The Kier molecular flexibility index (Phi) is 4.12. The van der Waals surface area contributed by atoms with E-state index in [4.69, 9.17) is 11.6 Å². The number of benzene rings is 1. The second-order valence-corrected chi connectivity index (χ2v) is 5.59. The summed E-state index contributed by atoms with van der Waals surface area (Å²) in [7, 11) is 1.77. The van der Waals surface area contributed by atoms with Crippen molar-refractivity contribution < 1.29 is 4.79 Å². The Morgan fingerprint density at radius 1 is 1.35 bits per heavy atom. The van der Waals surface area contributed by atoms with Gasteiger partial charge in [-0.05, 0) is 24.6 Å². The Bertz CT molecular complexity index is 853. The minimum Gasteiger partial charge on any atom is -0.289 e. The third kappa shape index (κ3) is 3.57. The molecule has 2 heterocycles. The zero-order valence-electron chi connectivity index (χ0n) is 12.7. The second kappa shape index (κ2) is 6.21. The van der Waals surface area contributed by atoms with Crippen LogP contribution in [0.15, 0.2) is 36.8 Å². The molecule has 0 bridgehead atoms. The fraction of sp³-hybridized carbons (Fsp3) is 0.200. The van der Waals surface area contributed by atoms with Crippen molar-refractivity contribution in [3.63, 3.8) is 0 Å². The summed E-state index contributed by atoms with van der Waals surface area (Å²) in [6.07, 6.45) is 3.22. The molecule has 0 fully saturated rings. The van der Waals surface area contributed by atoms with Gasteiger partial charge in [-0.1, -0.05) is 23.7 Å². The fourth-order valence-corrected chi connectivity index (χ4v) is 2.45.